The van der Waals surface area contributed by atoms with E-state index >= 15 is 0 Å². The lowest BCUT2D eigenvalue weighted by atomic mass is 10.1. The molecule has 140 valence electrons. The van der Waals surface area contributed by atoms with Crippen molar-refractivity contribution in [3.05, 3.63) is 65.1 Å². The van der Waals surface area contributed by atoms with E-state index in [1.807, 2.05) is 65.5 Å². The number of amides is 1. The molecule has 1 saturated carbocycles. The Labute approximate surface area is 160 Å². The van der Waals surface area contributed by atoms with E-state index in [1.54, 1.807) is 0 Å². The Bertz CT molecular complexity index is 979. The Morgan fingerprint density at radius 3 is 2.41 bits per heavy atom. The number of hydrogen-bond donors (Lipinski definition) is 0. The molecule has 2 aromatic heterocycles. The minimum absolute atomic E-state index is 0.102. The summed E-state index contributed by atoms with van der Waals surface area (Å²) in [4.78, 5) is 15.4. The number of carbonyl (C=O) groups excluding carboxylic acids is 1. The van der Waals surface area contributed by atoms with Gasteiger partial charge in [-0.05, 0) is 44.4 Å². The molecule has 1 aliphatic carbocycles. The highest BCUT2D eigenvalue weighted by molar-refractivity contribution is 5.94. The molecule has 1 aromatic carbocycles. The SMILES string of the molecule is Cc1nn(C)c(C)c1CN(C(=O)c1ccc(-c2ccccc2)n1C)C1CC1. The molecule has 0 spiro atoms. The van der Waals surface area contributed by atoms with E-state index in [2.05, 4.69) is 24.2 Å². The molecule has 1 aliphatic rings. The Balaban J connectivity index is 1.65. The number of benzene rings is 1. The summed E-state index contributed by atoms with van der Waals surface area (Å²) in [5.74, 6) is 0.102. The first kappa shape index (κ1) is 17.6. The van der Waals surface area contributed by atoms with Gasteiger partial charge in [-0.15, -0.1) is 0 Å². The van der Waals surface area contributed by atoms with Gasteiger partial charge in [-0.3, -0.25) is 9.48 Å². The van der Waals surface area contributed by atoms with E-state index in [-0.39, 0.29) is 5.91 Å². The third kappa shape index (κ3) is 3.18. The summed E-state index contributed by atoms with van der Waals surface area (Å²) in [6, 6.07) is 14.5. The van der Waals surface area contributed by atoms with Crippen LogP contribution in [0.5, 0.6) is 0 Å². The van der Waals surface area contributed by atoms with E-state index < -0.39 is 0 Å². The molecule has 0 atom stereocenters. The molecule has 0 saturated heterocycles. The highest BCUT2D eigenvalue weighted by atomic mass is 16.2. The predicted molar refractivity (Wildman–Crippen MR) is 106 cm³/mol. The lowest BCUT2D eigenvalue weighted by Gasteiger charge is -2.23. The first-order valence-electron chi connectivity index (χ1n) is 9.48. The second-order valence-electron chi connectivity index (χ2n) is 7.47. The maximum atomic E-state index is 13.4. The molecule has 0 radical (unpaired) electrons. The first-order valence-corrected chi connectivity index (χ1v) is 9.48. The highest BCUT2D eigenvalue weighted by Crippen LogP contribution is 2.32. The summed E-state index contributed by atoms with van der Waals surface area (Å²) in [7, 11) is 3.93. The van der Waals surface area contributed by atoms with Gasteiger partial charge in [0.15, 0.2) is 0 Å². The van der Waals surface area contributed by atoms with E-state index in [0.29, 0.717) is 12.6 Å². The van der Waals surface area contributed by atoms with Gasteiger partial charge in [0.05, 0.1) is 5.69 Å². The Hall–Kier alpha value is -2.82. The molecule has 3 aromatic rings. The molecule has 0 N–H and O–H groups in total. The average molecular weight is 362 g/mol. The van der Waals surface area contributed by atoms with Crippen LogP contribution in [0.25, 0.3) is 11.3 Å². The summed E-state index contributed by atoms with van der Waals surface area (Å²) in [6.07, 6.45) is 2.17. The Morgan fingerprint density at radius 1 is 1.11 bits per heavy atom. The molecular formula is C22H26N4O. The number of aromatic nitrogens is 3. The zero-order valence-corrected chi connectivity index (χ0v) is 16.4. The normalized spacial score (nSPS) is 13.8. The van der Waals surface area contributed by atoms with Gasteiger partial charge in [-0.2, -0.15) is 5.10 Å². The van der Waals surface area contributed by atoms with Crippen molar-refractivity contribution in [2.45, 2.75) is 39.3 Å². The van der Waals surface area contributed by atoms with Gasteiger partial charge in [-0.1, -0.05) is 30.3 Å². The van der Waals surface area contributed by atoms with E-state index in [1.165, 1.54) is 0 Å². The van der Waals surface area contributed by atoms with Crippen molar-refractivity contribution in [3.63, 3.8) is 0 Å². The highest BCUT2D eigenvalue weighted by Gasteiger charge is 2.35. The molecule has 5 heteroatoms. The summed E-state index contributed by atoms with van der Waals surface area (Å²) < 4.78 is 3.91. The molecule has 1 fully saturated rings. The molecule has 0 aliphatic heterocycles. The number of nitrogens with zero attached hydrogens (tertiary/aromatic N) is 4. The minimum Gasteiger partial charge on any atom is -0.340 e. The molecule has 0 unspecified atom stereocenters. The van der Waals surface area contributed by atoms with Gasteiger partial charge in [0.1, 0.15) is 5.69 Å². The number of rotatable bonds is 5. The fourth-order valence-corrected chi connectivity index (χ4v) is 3.74. The van der Waals surface area contributed by atoms with Crippen LogP contribution in [-0.4, -0.2) is 31.2 Å². The lowest BCUT2D eigenvalue weighted by Crippen LogP contribution is -2.34. The van der Waals surface area contributed by atoms with Crippen molar-refractivity contribution in [2.75, 3.05) is 0 Å². The third-order valence-electron chi connectivity index (χ3n) is 5.65. The van der Waals surface area contributed by atoms with Crippen LogP contribution in [0, 0.1) is 13.8 Å². The smallest absolute Gasteiger partial charge is 0.271 e. The Morgan fingerprint density at radius 2 is 1.81 bits per heavy atom. The minimum atomic E-state index is 0.102. The van der Waals surface area contributed by atoms with Crippen LogP contribution in [-0.2, 0) is 20.6 Å². The quantitative estimate of drug-likeness (QED) is 0.692. The van der Waals surface area contributed by atoms with Crippen LogP contribution in [0.2, 0.25) is 0 Å². The van der Waals surface area contributed by atoms with Crippen LogP contribution in [0.3, 0.4) is 0 Å². The van der Waals surface area contributed by atoms with Crippen LogP contribution >= 0.6 is 0 Å². The maximum absolute atomic E-state index is 13.4. The predicted octanol–water partition coefficient (Wildman–Crippen LogP) is 3.85. The van der Waals surface area contributed by atoms with Crippen molar-refractivity contribution < 1.29 is 4.79 Å². The number of carbonyl (C=O) groups is 1. The van der Waals surface area contributed by atoms with Gasteiger partial charge in [0.25, 0.3) is 5.91 Å². The summed E-state index contributed by atoms with van der Waals surface area (Å²) in [6.45, 7) is 4.72. The van der Waals surface area contributed by atoms with E-state index in [0.717, 1.165) is 46.7 Å². The van der Waals surface area contributed by atoms with Crippen molar-refractivity contribution in [1.82, 2.24) is 19.2 Å². The van der Waals surface area contributed by atoms with Crippen molar-refractivity contribution in [3.8, 4) is 11.3 Å². The van der Waals surface area contributed by atoms with Gasteiger partial charge in [0, 0.05) is 43.6 Å². The van der Waals surface area contributed by atoms with Crippen molar-refractivity contribution in [1.29, 1.82) is 0 Å². The fourth-order valence-electron chi connectivity index (χ4n) is 3.74. The fraction of sp³-hybridized carbons (Fsp3) is 0.364. The molecule has 2 heterocycles. The van der Waals surface area contributed by atoms with Crippen LogP contribution in [0.4, 0.5) is 0 Å². The molecule has 5 nitrogen and oxygen atoms in total. The van der Waals surface area contributed by atoms with Crippen molar-refractivity contribution >= 4 is 5.91 Å². The molecule has 27 heavy (non-hydrogen) atoms. The van der Waals surface area contributed by atoms with Crippen LogP contribution in [0.1, 0.15) is 40.3 Å². The van der Waals surface area contributed by atoms with Crippen LogP contribution < -0.4 is 0 Å². The number of aryl methyl sites for hydroxylation is 2. The maximum Gasteiger partial charge on any atom is 0.271 e. The van der Waals surface area contributed by atoms with E-state index in [4.69, 9.17) is 0 Å². The van der Waals surface area contributed by atoms with E-state index in [9.17, 15) is 4.79 Å². The molecule has 4 rings (SSSR count). The standard InChI is InChI=1S/C22H26N4O/c1-15-19(16(2)25(4)23-15)14-26(18-10-11-18)22(27)21-13-12-20(24(21)3)17-8-6-5-7-9-17/h5-9,12-13,18H,10-11,14H2,1-4H3. The van der Waals surface area contributed by atoms with Gasteiger partial charge in [0.2, 0.25) is 0 Å². The Kier molecular flexibility index (Phi) is 4.38. The first-order chi connectivity index (χ1) is 13.0. The zero-order valence-electron chi connectivity index (χ0n) is 16.4. The molecule has 0 bridgehead atoms. The molecule has 1 amide bonds. The summed E-state index contributed by atoms with van der Waals surface area (Å²) >= 11 is 0. The van der Waals surface area contributed by atoms with Gasteiger partial charge >= 0.3 is 0 Å². The average Bonchev–Trinajstić information content (AvgIpc) is 3.38. The van der Waals surface area contributed by atoms with Gasteiger partial charge < -0.3 is 9.47 Å². The second kappa shape index (κ2) is 6.72. The van der Waals surface area contributed by atoms with Crippen molar-refractivity contribution in [2.24, 2.45) is 14.1 Å². The second-order valence-corrected chi connectivity index (χ2v) is 7.47. The number of hydrogen-bond acceptors (Lipinski definition) is 2. The summed E-state index contributed by atoms with van der Waals surface area (Å²) in [5.41, 5.74) is 6.21. The largest absolute Gasteiger partial charge is 0.340 e. The topological polar surface area (TPSA) is 43.1 Å². The molecular weight excluding hydrogens is 336 g/mol. The third-order valence-corrected chi connectivity index (χ3v) is 5.65. The summed E-state index contributed by atoms with van der Waals surface area (Å²) in [5, 5.41) is 4.51. The van der Waals surface area contributed by atoms with Crippen LogP contribution in [0.15, 0.2) is 42.5 Å². The zero-order chi connectivity index (χ0) is 19.1. The monoisotopic (exact) mass is 362 g/mol. The van der Waals surface area contributed by atoms with Gasteiger partial charge in [-0.25, -0.2) is 0 Å². The lowest BCUT2D eigenvalue weighted by molar-refractivity contribution is 0.0720.